The van der Waals surface area contributed by atoms with Crippen molar-refractivity contribution >= 4 is 33.8 Å². The van der Waals surface area contributed by atoms with Crippen molar-refractivity contribution in [3.05, 3.63) is 98.7 Å². The van der Waals surface area contributed by atoms with E-state index in [-0.39, 0.29) is 17.0 Å². The molecule has 0 aliphatic carbocycles. The lowest BCUT2D eigenvalue weighted by atomic mass is 9.87. The summed E-state index contributed by atoms with van der Waals surface area (Å²) in [5.74, 6) is 0.329. The number of aryl methyl sites for hydroxylation is 1. The molecule has 162 valence electrons. The number of benzene rings is 3. The summed E-state index contributed by atoms with van der Waals surface area (Å²) < 4.78 is 12.4. The first kappa shape index (κ1) is 22.0. The molecule has 0 unspecified atom stereocenters. The normalized spacial score (nSPS) is 14.3. The van der Waals surface area contributed by atoms with Gasteiger partial charge in [0.05, 0.1) is 11.1 Å². The van der Waals surface area contributed by atoms with Gasteiger partial charge in [0, 0.05) is 10.5 Å². The van der Waals surface area contributed by atoms with E-state index in [4.69, 9.17) is 9.47 Å². The highest BCUT2D eigenvalue weighted by atomic mass is 79.9. The van der Waals surface area contributed by atoms with E-state index in [1.54, 1.807) is 37.3 Å². The van der Waals surface area contributed by atoms with Crippen LogP contribution in [0.5, 0.6) is 11.5 Å². The number of rotatable bonds is 3. The second-order valence-electron chi connectivity index (χ2n) is 8.82. The Morgan fingerprint density at radius 2 is 1.66 bits per heavy atom. The van der Waals surface area contributed by atoms with Crippen molar-refractivity contribution in [2.75, 3.05) is 0 Å². The Bertz CT molecular complexity index is 1230. The largest absolute Gasteiger partial charge is 0.452 e. The van der Waals surface area contributed by atoms with Crippen molar-refractivity contribution < 1.29 is 19.1 Å². The maximum Gasteiger partial charge on any atom is 0.343 e. The van der Waals surface area contributed by atoms with E-state index >= 15 is 0 Å². The van der Waals surface area contributed by atoms with E-state index in [1.807, 2.05) is 36.4 Å². The highest BCUT2D eigenvalue weighted by Gasteiger charge is 2.30. The Morgan fingerprint density at radius 1 is 1.00 bits per heavy atom. The van der Waals surface area contributed by atoms with E-state index in [0.29, 0.717) is 28.2 Å². The Labute approximate surface area is 196 Å². The molecule has 0 spiro atoms. The molecule has 0 aromatic heterocycles. The molecule has 0 atom stereocenters. The third-order valence-corrected chi connectivity index (χ3v) is 5.84. The quantitative estimate of drug-likeness (QED) is 0.228. The first-order chi connectivity index (χ1) is 15.1. The van der Waals surface area contributed by atoms with Gasteiger partial charge in [0.1, 0.15) is 11.5 Å². The summed E-state index contributed by atoms with van der Waals surface area (Å²) in [4.78, 5) is 25.5. The standard InChI is InChI=1S/C27H23BrO4/c1-16-13-21(31-26(30)18-7-9-19(10-8-18)27(2,3)4)15-22-24(16)25(29)23(32-22)14-17-5-11-20(28)12-6-17/h5-15H,1-4H3/b23-14-. The van der Waals surface area contributed by atoms with Crippen molar-refractivity contribution in [3.63, 3.8) is 0 Å². The lowest BCUT2D eigenvalue weighted by Gasteiger charge is -2.18. The Morgan fingerprint density at radius 3 is 2.28 bits per heavy atom. The van der Waals surface area contributed by atoms with Crippen LogP contribution in [0, 0.1) is 6.92 Å². The number of fused-ring (bicyclic) bond motifs is 1. The van der Waals surface area contributed by atoms with Crippen LogP contribution in [-0.2, 0) is 5.41 Å². The predicted octanol–water partition coefficient (Wildman–Crippen LogP) is 6.89. The molecule has 5 heteroatoms. The van der Waals surface area contributed by atoms with Gasteiger partial charge in [-0.1, -0.05) is 61.0 Å². The summed E-state index contributed by atoms with van der Waals surface area (Å²) in [5.41, 5.74) is 3.64. The lowest BCUT2D eigenvalue weighted by molar-refractivity contribution is 0.0734. The Hall–Kier alpha value is -3.18. The number of ketones is 1. The van der Waals surface area contributed by atoms with Gasteiger partial charge >= 0.3 is 5.97 Å². The minimum atomic E-state index is -0.459. The number of carbonyl (C=O) groups is 2. The Kier molecular flexibility index (Phi) is 5.78. The third kappa shape index (κ3) is 4.53. The van der Waals surface area contributed by atoms with Gasteiger partial charge in [-0.25, -0.2) is 4.79 Å². The summed E-state index contributed by atoms with van der Waals surface area (Å²) in [7, 11) is 0. The number of hydrogen-bond donors (Lipinski definition) is 0. The van der Waals surface area contributed by atoms with Crippen LogP contribution in [0.15, 0.2) is 70.9 Å². The molecule has 3 aromatic carbocycles. The van der Waals surface area contributed by atoms with Crippen LogP contribution in [0.2, 0.25) is 0 Å². The van der Waals surface area contributed by atoms with Crippen LogP contribution >= 0.6 is 15.9 Å². The van der Waals surface area contributed by atoms with Gasteiger partial charge in [-0.2, -0.15) is 0 Å². The van der Waals surface area contributed by atoms with Crippen LogP contribution in [0.4, 0.5) is 0 Å². The van der Waals surface area contributed by atoms with Crippen LogP contribution in [0.1, 0.15) is 58.2 Å². The fourth-order valence-corrected chi connectivity index (χ4v) is 3.78. The zero-order valence-electron chi connectivity index (χ0n) is 18.4. The lowest BCUT2D eigenvalue weighted by Crippen LogP contribution is -2.13. The average Bonchev–Trinajstić information content (AvgIpc) is 3.04. The van der Waals surface area contributed by atoms with E-state index in [0.717, 1.165) is 15.6 Å². The maximum absolute atomic E-state index is 12.8. The fraction of sp³-hybridized carbons (Fsp3) is 0.185. The molecule has 0 fully saturated rings. The number of Topliss-reactive ketones (excluding diaryl/α,β-unsaturated/α-hetero) is 1. The SMILES string of the molecule is Cc1cc(OC(=O)c2ccc(C(C)(C)C)cc2)cc2c1C(=O)/C(=C/c1ccc(Br)cc1)O2. The molecule has 1 aliphatic rings. The van der Waals surface area contributed by atoms with Crippen LogP contribution in [-0.4, -0.2) is 11.8 Å². The average molecular weight is 491 g/mol. The van der Waals surface area contributed by atoms with Gasteiger partial charge in [-0.3, -0.25) is 4.79 Å². The van der Waals surface area contributed by atoms with Gasteiger partial charge in [0.15, 0.2) is 5.76 Å². The minimum Gasteiger partial charge on any atom is -0.452 e. The zero-order valence-corrected chi connectivity index (χ0v) is 19.9. The number of hydrogen-bond acceptors (Lipinski definition) is 4. The molecule has 0 amide bonds. The smallest absolute Gasteiger partial charge is 0.343 e. The van der Waals surface area contributed by atoms with E-state index < -0.39 is 5.97 Å². The second-order valence-corrected chi connectivity index (χ2v) is 9.74. The number of carbonyl (C=O) groups excluding carboxylic acids is 2. The van der Waals surface area contributed by atoms with Gasteiger partial charge < -0.3 is 9.47 Å². The van der Waals surface area contributed by atoms with Crippen molar-refractivity contribution in [3.8, 4) is 11.5 Å². The molecule has 32 heavy (non-hydrogen) atoms. The van der Waals surface area contributed by atoms with Crippen molar-refractivity contribution in [2.45, 2.75) is 33.1 Å². The van der Waals surface area contributed by atoms with Gasteiger partial charge in [-0.05, 0) is 65.4 Å². The molecule has 0 saturated carbocycles. The molecule has 0 radical (unpaired) electrons. The van der Waals surface area contributed by atoms with Crippen LogP contribution in [0.25, 0.3) is 6.08 Å². The molecule has 4 rings (SSSR count). The molecule has 4 nitrogen and oxygen atoms in total. The first-order valence-corrected chi connectivity index (χ1v) is 11.1. The van der Waals surface area contributed by atoms with Crippen molar-refractivity contribution in [1.82, 2.24) is 0 Å². The number of halogens is 1. The molecular weight excluding hydrogens is 468 g/mol. The second kappa shape index (κ2) is 8.40. The molecule has 1 heterocycles. The van der Waals surface area contributed by atoms with Crippen molar-refractivity contribution in [2.24, 2.45) is 0 Å². The van der Waals surface area contributed by atoms with Crippen LogP contribution in [0.3, 0.4) is 0 Å². The van der Waals surface area contributed by atoms with E-state index in [2.05, 4.69) is 36.7 Å². The Balaban J connectivity index is 1.55. The fourth-order valence-electron chi connectivity index (χ4n) is 3.52. The number of ether oxygens (including phenoxy) is 2. The summed E-state index contributed by atoms with van der Waals surface area (Å²) in [5, 5.41) is 0. The van der Waals surface area contributed by atoms with E-state index in [1.165, 1.54) is 0 Å². The molecular formula is C27H23BrO4. The van der Waals surface area contributed by atoms with E-state index in [9.17, 15) is 9.59 Å². The first-order valence-electron chi connectivity index (χ1n) is 10.3. The topological polar surface area (TPSA) is 52.6 Å². The minimum absolute atomic E-state index is 0.00484. The van der Waals surface area contributed by atoms with Gasteiger partial charge in [0.25, 0.3) is 0 Å². The molecule has 3 aromatic rings. The maximum atomic E-state index is 12.8. The monoisotopic (exact) mass is 490 g/mol. The summed E-state index contributed by atoms with van der Waals surface area (Å²) in [6, 6.07) is 18.3. The summed E-state index contributed by atoms with van der Waals surface area (Å²) in [6.07, 6.45) is 1.71. The summed E-state index contributed by atoms with van der Waals surface area (Å²) >= 11 is 3.40. The third-order valence-electron chi connectivity index (χ3n) is 5.31. The number of allylic oxidation sites excluding steroid dienone is 1. The highest BCUT2D eigenvalue weighted by molar-refractivity contribution is 9.10. The van der Waals surface area contributed by atoms with Gasteiger partial charge in [0.2, 0.25) is 5.78 Å². The summed E-state index contributed by atoms with van der Waals surface area (Å²) in [6.45, 7) is 8.16. The predicted molar refractivity (Wildman–Crippen MR) is 128 cm³/mol. The number of esters is 1. The van der Waals surface area contributed by atoms with Crippen LogP contribution < -0.4 is 9.47 Å². The highest BCUT2D eigenvalue weighted by Crippen LogP contribution is 2.38. The molecule has 0 N–H and O–H groups in total. The van der Waals surface area contributed by atoms with Crippen molar-refractivity contribution in [1.29, 1.82) is 0 Å². The molecule has 0 bridgehead atoms. The molecule has 0 saturated heterocycles. The van der Waals surface area contributed by atoms with Gasteiger partial charge in [-0.15, -0.1) is 0 Å². The molecule has 1 aliphatic heterocycles. The zero-order chi connectivity index (χ0) is 23.0.